The van der Waals surface area contributed by atoms with Crippen LogP contribution >= 0.6 is 0 Å². The summed E-state index contributed by atoms with van der Waals surface area (Å²) < 4.78 is 1.83. The fourth-order valence-electron chi connectivity index (χ4n) is 2.75. The first-order valence-electron chi connectivity index (χ1n) is 7.32. The van der Waals surface area contributed by atoms with E-state index in [1.165, 1.54) is 42.7 Å². The summed E-state index contributed by atoms with van der Waals surface area (Å²) in [4.78, 5) is 2.53. The summed E-state index contributed by atoms with van der Waals surface area (Å²) in [6.07, 6.45) is 6.64. The Morgan fingerprint density at radius 1 is 1.20 bits per heavy atom. The first-order chi connectivity index (χ1) is 9.79. The molecule has 4 nitrogen and oxygen atoms in total. The summed E-state index contributed by atoms with van der Waals surface area (Å²) in [7, 11) is 1.94. The second-order valence-corrected chi connectivity index (χ2v) is 5.56. The molecule has 1 saturated heterocycles. The standard InChI is InChI=1S/C16H22N4/c1-19-12-15(11-18-19)10-17-16-6-4-5-14(9-16)13-20-7-2-3-8-20/h4-6,9,11-12,17H,2-3,7-8,10,13H2,1H3. The quantitative estimate of drug-likeness (QED) is 0.906. The highest BCUT2D eigenvalue weighted by molar-refractivity contribution is 5.46. The third-order valence-corrected chi connectivity index (χ3v) is 3.79. The van der Waals surface area contributed by atoms with Crippen LogP contribution in [0.3, 0.4) is 0 Å². The van der Waals surface area contributed by atoms with E-state index in [4.69, 9.17) is 0 Å². The molecular formula is C16H22N4. The summed E-state index contributed by atoms with van der Waals surface area (Å²) in [6.45, 7) is 4.38. The largest absolute Gasteiger partial charge is 0.381 e. The van der Waals surface area contributed by atoms with Crippen molar-refractivity contribution >= 4 is 5.69 Å². The van der Waals surface area contributed by atoms with Gasteiger partial charge >= 0.3 is 0 Å². The summed E-state index contributed by atoms with van der Waals surface area (Å²) in [5.74, 6) is 0. The Kier molecular flexibility index (Phi) is 4.02. The molecule has 0 atom stereocenters. The fourth-order valence-corrected chi connectivity index (χ4v) is 2.75. The van der Waals surface area contributed by atoms with Crippen LogP contribution in [0.2, 0.25) is 0 Å². The van der Waals surface area contributed by atoms with Gasteiger partial charge in [-0.2, -0.15) is 5.10 Å². The molecular weight excluding hydrogens is 248 g/mol. The lowest BCUT2D eigenvalue weighted by Crippen LogP contribution is -2.18. The molecule has 106 valence electrons. The summed E-state index contributed by atoms with van der Waals surface area (Å²) in [6, 6.07) is 8.74. The van der Waals surface area contributed by atoms with Gasteiger partial charge in [-0.05, 0) is 43.6 Å². The smallest absolute Gasteiger partial charge is 0.0539 e. The highest BCUT2D eigenvalue weighted by atomic mass is 15.2. The van der Waals surface area contributed by atoms with Crippen LogP contribution in [-0.4, -0.2) is 27.8 Å². The zero-order chi connectivity index (χ0) is 13.8. The number of anilines is 1. The van der Waals surface area contributed by atoms with Gasteiger partial charge in [0.25, 0.3) is 0 Å². The highest BCUT2D eigenvalue weighted by Crippen LogP contribution is 2.16. The van der Waals surface area contributed by atoms with Gasteiger partial charge in [0.05, 0.1) is 6.20 Å². The lowest BCUT2D eigenvalue weighted by Gasteiger charge is -2.15. The fraction of sp³-hybridized carbons (Fsp3) is 0.438. The van der Waals surface area contributed by atoms with Crippen LogP contribution in [0, 0.1) is 0 Å². The molecule has 2 heterocycles. The molecule has 3 rings (SSSR count). The minimum absolute atomic E-state index is 0.820. The Bertz CT molecular complexity index is 555. The molecule has 1 N–H and O–H groups in total. The predicted octanol–water partition coefficient (Wildman–Crippen LogP) is 2.63. The van der Waals surface area contributed by atoms with Gasteiger partial charge in [-0.15, -0.1) is 0 Å². The second-order valence-electron chi connectivity index (χ2n) is 5.56. The van der Waals surface area contributed by atoms with E-state index in [1.807, 2.05) is 24.1 Å². The van der Waals surface area contributed by atoms with Crippen LogP contribution in [0.4, 0.5) is 5.69 Å². The molecule has 2 aromatic rings. The minimum atomic E-state index is 0.820. The predicted molar refractivity (Wildman–Crippen MR) is 81.5 cm³/mol. The Morgan fingerprint density at radius 2 is 2.05 bits per heavy atom. The maximum atomic E-state index is 4.18. The van der Waals surface area contributed by atoms with Crippen LogP contribution in [0.5, 0.6) is 0 Å². The van der Waals surface area contributed by atoms with Gasteiger partial charge in [0.1, 0.15) is 0 Å². The number of nitrogens with one attached hydrogen (secondary N) is 1. The zero-order valence-electron chi connectivity index (χ0n) is 12.0. The van der Waals surface area contributed by atoms with Crippen molar-refractivity contribution in [3.8, 4) is 0 Å². The van der Waals surface area contributed by atoms with Crippen molar-refractivity contribution in [2.24, 2.45) is 7.05 Å². The van der Waals surface area contributed by atoms with Crippen molar-refractivity contribution in [3.63, 3.8) is 0 Å². The molecule has 1 aliphatic heterocycles. The van der Waals surface area contributed by atoms with E-state index >= 15 is 0 Å². The number of hydrogen-bond donors (Lipinski definition) is 1. The molecule has 0 bridgehead atoms. The summed E-state index contributed by atoms with van der Waals surface area (Å²) >= 11 is 0. The normalized spacial score (nSPS) is 15.7. The van der Waals surface area contributed by atoms with Gasteiger partial charge in [-0.3, -0.25) is 9.58 Å². The lowest BCUT2D eigenvalue weighted by molar-refractivity contribution is 0.331. The van der Waals surface area contributed by atoms with Crippen molar-refractivity contribution in [1.82, 2.24) is 14.7 Å². The number of likely N-dealkylation sites (tertiary alicyclic amines) is 1. The molecule has 0 aliphatic carbocycles. The zero-order valence-corrected chi connectivity index (χ0v) is 12.0. The SMILES string of the molecule is Cn1cc(CNc2cccc(CN3CCCC3)c2)cn1. The number of aromatic nitrogens is 2. The van der Waals surface area contributed by atoms with E-state index < -0.39 is 0 Å². The molecule has 1 fully saturated rings. The Hall–Kier alpha value is -1.81. The van der Waals surface area contributed by atoms with Gasteiger partial charge in [0.2, 0.25) is 0 Å². The summed E-state index contributed by atoms with van der Waals surface area (Å²) in [5.41, 5.74) is 3.78. The monoisotopic (exact) mass is 270 g/mol. The van der Waals surface area contributed by atoms with Crippen molar-refractivity contribution in [3.05, 3.63) is 47.8 Å². The molecule has 1 aliphatic rings. The van der Waals surface area contributed by atoms with Crippen molar-refractivity contribution in [2.75, 3.05) is 18.4 Å². The molecule has 0 radical (unpaired) electrons. The van der Waals surface area contributed by atoms with E-state index in [0.717, 1.165) is 13.1 Å². The van der Waals surface area contributed by atoms with Gasteiger partial charge in [0.15, 0.2) is 0 Å². The molecule has 4 heteroatoms. The van der Waals surface area contributed by atoms with Crippen LogP contribution in [0.15, 0.2) is 36.7 Å². The van der Waals surface area contributed by atoms with E-state index in [-0.39, 0.29) is 0 Å². The highest BCUT2D eigenvalue weighted by Gasteiger charge is 2.11. The number of aryl methyl sites for hydroxylation is 1. The maximum Gasteiger partial charge on any atom is 0.0539 e. The summed E-state index contributed by atoms with van der Waals surface area (Å²) in [5, 5.41) is 7.65. The van der Waals surface area contributed by atoms with E-state index in [0.29, 0.717) is 0 Å². The molecule has 0 amide bonds. The van der Waals surface area contributed by atoms with Crippen LogP contribution in [-0.2, 0) is 20.1 Å². The van der Waals surface area contributed by atoms with Crippen LogP contribution in [0.25, 0.3) is 0 Å². The Labute approximate surface area is 120 Å². The van der Waals surface area contributed by atoms with E-state index in [9.17, 15) is 0 Å². The van der Waals surface area contributed by atoms with Crippen molar-refractivity contribution < 1.29 is 0 Å². The van der Waals surface area contributed by atoms with Crippen LogP contribution < -0.4 is 5.32 Å². The average Bonchev–Trinajstić information content (AvgIpc) is 3.09. The topological polar surface area (TPSA) is 33.1 Å². The molecule has 0 saturated carbocycles. The minimum Gasteiger partial charge on any atom is -0.381 e. The molecule has 0 spiro atoms. The number of rotatable bonds is 5. The van der Waals surface area contributed by atoms with Crippen LogP contribution in [0.1, 0.15) is 24.0 Å². The van der Waals surface area contributed by atoms with E-state index in [2.05, 4.69) is 39.6 Å². The Balaban J connectivity index is 1.58. The third kappa shape index (κ3) is 3.39. The molecule has 20 heavy (non-hydrogen) atoms. The number of nitrogens with zero attached hydrogens (tertiary/aromatic N) is 3. The van der Waals surface area contributed by atoms with Gasteiger partial charge in [-0.25, -0.2) is 0 Å². The lowest BCUT2D eigenvalue weighted by atomic mass is 10.2. The first kappa shape index (κ1) is 13.2. The van der Waals surface area contributed by atoms with Crippen molar-refractivity contribution in [1.29, 1.82) is 0 Å². The average molecular weight is 270 g/mol. The number of benzene rings is 1. The third-order valence-electron chi connectivity index (χ3n) is 3.79. The Morgan fingerprint density at radius 3 is 2.80 bits per heavy atom. The number of hydrogen-bond acceptors (Lipinski definition) is 3. The van der Waals surface area contributed by atoms with E-state index in [1.54, 1.807) is 0 Å². The molecule has 1 aromatic heterocycles. The molecule has 0 unspecified atom stereocenters. The first-order valence-corrected chi connectivity index (χ1v) is 7.32. The van der Waals surface area contributed by atoms with Gasteiger partial charge in [0, 0.05) is 37.6 Å². The maximum absolute atomic E-state index is 4.18. The van der Waals surface area contributed by atoms with Crippen molar-refractivity contribution in [2.45, 2.75) is 25.9 Å². The van der Waals surface area contributed by atoms with Gasteiger partial charge < -0.3 is 5.32 Å². The second kappa shape index (κ2) is 6.09. The van der Waals surface area contributed by atoms with Gasteiger partial charge in [-0.1, -0.05) is 12.1 Å². The molecule has 1 aromatic carbocycles.